The fourth-order valence-corrected chi connectivity index (χ4v) is 5.55. The van der Waals surface area contributed by atoms with Crippen LogP contribution in [0.5, 0.6) is 11.5 Å². The maximum Gasteiger partial charge on any atom is 0.247 e. The highest BCUT2D eigenvalue weighted by atomic mass is 32.2. The largest absolute Gasteiger partial charge is 0.497 e. The van der Waals surface area contributed by atoms with Crippen LogP contribution in [0.25, 0.3) is 10.9 Å². The Balaban J connectivity index is 1.81. The number of ether oxygens (including phenoxy) is 3. The average molecular weight is 512 g/mol. The van der Waals surface area contributed by atoms with Gasteiger partial charge in [-0.1, -0.05) is 30.0 Å². The van der Waals surface area contributed by atoms with Gasteiger partial charge >= 0.3 is 0 Å². The fourth-order valence-electron chi connectivity index (χ4n) is 4.48. The molecule has 0 fully saturated rings. The van der Waals surface area contributed by atoms with E-state index < -0.39 is 6.04 Å². The average Bonchev–Trinajstić information content (AvgIpc) is 3.05. The number of hydrogen-bond acceptors (Lipinski definition) is 6. The first-order valence-electron chi connectivity index (χ1n) is 12.0. The van der Waals surface area contributed by atoms with Crippen LogP contribution in [-0.2, 0) is 21.4 Å². The van der Waals surface area contributed by atoms with Gasteiger partial charge in [0.25, 0.3) is 0 Å². The number of para-hydroxylation sites is 1. The number of thioether (sulfide) groups is 1. The molecule has 0 bridgehead atoms. The van der Waals surface area contributed by atoms with Crippen LogP contribution < -0.4 is 19.7 Å². The second-order valence-electron chi connectivity index (χ2n) is 8.88. The van der Waals surface area contributed by atoms with Crippen LogP contribution in [0.15, 0.2) is 47.5 Å². The van der Waals surface area contributed by atoms with Gasteiger partial charge in [0.05, 0.1) is 36.8 Å². The Morgan fingerprint density at radius 1 is 1.14 bits per heavy atom. The van der Waals surface area contributed by atoms with Crippen LogP contribution in [0, 0.1) is 0 Å². The van der Waals surface area contributed by atoms with Gasteiger partial charge in [0, 0.05) is 54.9 Å². The van der Waals surface area contributed by atoms with E-state index >= 15 is 0 Å². The van der Waals surface area contributed by atoms with Crippen LogP contribution in [0.2, 0.25) is 0 Å². The normalized spacial score (nSPS) is 15.7. The number of amides is 2. The number of carbonyl (C=O) groups excluding carboxylic acids is 2. The maximum atomic E-state index is 13.9. The smallest absolute Gasteiger partial charge is 0.247 e. The summed E-state index contributed by atoms with van der Waals surface area (Å²) in [6, 6.07) is 12.4. The van der Waals surface area contributed by atoms with Crippen molar-refractivity contribution >= 4 is 40.2 Å². The predicted molar refractivity (Wildman–Crippen MR) is 142 cm³/mol. The molecule has 4 rings (SSSR count). The zero-order valence-electron chi connectivity index (χ0n) is 21.4. The third-order valence-electron chi connectivity index (χ3n) is 6.16. The Bertz CT molecular complexity index is 1230. The Morgan fingerprint density at radius 3 is 2.50 bits per heavy atom. The van der Waals surface area contributed by atoms with Gasteiger partial charge in [-0.3, -0.25) is 14.5 Å². The van der Waals surface area contributed by atoms with Gasteiger partial charge in [0.1, 0.15) is 17.5 Å². The third-order valence-corrected chi connectivity index (χ3v) is 7.32. The summed E-state index contributed by atoms with van der Waals surface area (Å²) in [7, 11) is 5.09. The van der Waals surface area contributed by atoms with Gasteiger partial charge in [-0.2, -0.15) is 0 Å². The van der Waals surface area contributed by atoms with E-state index in [-0.39, 0.29) is 23.7 Å². The highest BCUT2D eigenvalue weighted by Crippen LogP contribution is 2.44. The summed E-state index contributed by atoms with van der Waals surface area (Å²) in [5.41, 5.74) is 2.37. The van der Waals surface area contributed by atoms with Crippen LogP contribution in [0.1, 0.15) is 31.9 Å². The summed E-state index contributed by atoms with van der Waals surface area (Å²) in [6.07, 6.45) is 0.809. The molecule has 2 aromatic carbocycles. The van der Waals surface area contributed by atoms with E-state index in [0.29, 0.717) is 36.8 Å². The Kier molecular flexibility index (Phi) is 8.11. The molecule has 2 amide bonds. The number of hydrogen-bond donors (Lipinski definition) is 1. The Hall–Kier alpha value is -3.17. The molecule has 8 nitrogen and oxygen atoms in total. The molecular formula is C27H33N3O5S. The Labute approximate surface area is 215 Å². The zero-order valence-corrected chi connectivity index (χ0v) is 22.2. The molecule has 3 aromatic rings. The monoisotopic (exact) mass is 511 g/mol. The van der Waals surface area contributed by atoms with Gasteiger partial charge in [0.15, 0.2) is 0 Å². The second kappa shape index (κ2) is 11.3. The van der Waals surface area contributed by atoms with Crippen molar-refractivity contribution in [2.24, 2.45) is 7.05 Å². The Morgan fingerprint density at radius 2 is 1.83 bits per heavy atom. The number of fused-ring (bicyclic) bond motifs is 3. The van der Waals surface area contributed by atoms with Crippen LogP contribution in [0.4, 0.5) is 5.69 Å². The lowest BCUT2D eigenvalue weighted by molar-refractivity contribution is -0.125. The van der Waals surface area contributed by atoms with Gasteiger partial charge in [-0.15, -0.1) is 0 Å². The lowest BCUT2D eigenvalue weighted by Gasteiger charge is -2.30. The molecule has 0 spiro atoms. The van der Waals surface area contributed by atoms with Gasteiger partial charge in [-0.05, 0) is 26.3 Å². The van der Waals surface area contributed by atoms with E-state index in [0.717, 1.165) is 21.5 Å². The first-order chi connectivity index (χ1) is 17.3. The molecular weight excluding hydrogens is 478 g/mol. The predicted octanol–water partition coefficient (Wildman–Crippen LogP) is 4.31. The molecule has 1 aromatic heterocycles. The summed E-state index contributed by atoms with van der Waals surface area (Å²) in [6.45, 7) is 4.96. The number of carbonyl (C=O) groups is 2. The summed E-state index contributed by atoms with van der Waals surface area (Å²) < 4.78 is 18.6. The molecule has 0 saturated heterocycles. The molecule has 36 heavy (non-hydrogen) atoms. The van der Waals surface area contributed by atoms with Gasteiger partial charge in [-0.25, -0.2) is 0 Å². The van der Waals surface area contributed by atoms with E-state index in [1.807, 2.05) is 45.2 Å². The highest BCUT2D eigenvalue weighted by Gasteiger charge is 2.40. The maximum absolute atomic E-state index is 13.9. The number of anilines is 1. The third kappa shape index (κ3) is 5.17. The van der Waals surface area contributed by atoms with E-state index in [1.54, 1.807) is 37.3 Å². The quantitative estimate of drug-likeness (QED) is 0.431. The number of methoxy groups -OCH3 is 2. The minimum absolute atomic E-state index is 0.133. The molecule has 1 atom stereocenters. The summed E-state index contributed by atoms with van der Waals surface area (Å²) in [5.74, 6) is 0.867. The molecule has 2 heterocycles. The highest BCUT2D eigenvalue weighted by molar-refractivity contribution is 8.00. The lowest BCUT2D eigenvalue weighted by Crippen LogP contribution is -2.44. The van der Waals surface area contributed by atoms with Crippen molar-refractivity contribution in [3.8, 4) is 11.5 Å². The number of nitrogens with one attached hydrogen (secondary N) is 1. The minimum atomic E-state index is -0.864. The fraction of sp³-hybridized carbons (Fsp3) is 0.407. The number of benzene rings is 2. The van der Waals surface area contributed by atoms with Gasteiger partial charge < -0.3 is 24.1 Å². The first-order valence-corrected chi connectivity index (χ1v) is 13.0. The van der Waals surface area contributed by atoms with Gasteiger partial charge in [0.2, 0.25) is 11.8 Å². The van der Waals surface area contributed by atoms with Crippen molar-refractivity contribution in [2.75, 3.05) is 38.0 Å². The molecule has 1 aliphatic heterocycles. The molecule has 1 aliphatic rings. The van der Waals surface area contributed by atoms with Crippen LogP contribution in [-0.4, -0.2) is 55.6 Å². The standard InChI is InChI=1S/C27H33N3O5S/c1-17(2)35-12-8-11-28-26(32)25-24-21-9-6-7-10-22(21)29(3)27(24)36-16-23(31)30(25)18-13-19(33-4)15-20(14-18)34-5/h6-7,9-10,13-15,17,25H,8,11-12,16H2,1-5H3,(H,28,32). The van der Waals surface area contributed by atoms with E-state index in [9.17, 15) is 9.59 Å². The van der Waals surface area contributed by atoms with Crippen molar-refractivity contribution in [1.82, 2.24) is 9.88 Å². The second-order valence-corrected chi connectivity index (χ2v) is 9.85. The van der Waals surface area contributed by atoms with Crippen molar-refractivity contribution in [2.45, 2.75) is 37.4 Å². The molecule has 192 valence electrons. The van der Waals surface area contributed by atoms with E-state index in [1.165, 1.54) is 11.8 Å². The zero-order chi connectivity index (χ0) is 25.8. The van der Waals surface area contributed by atoms with Crippen molar-refractivity contribution in [1.29, 1.82) is 0 Å². The molecule has 0 saturated carbocycles. The lowest BCUT2D eigenvalue weighted by atomic mass is 10.0. The molecule has 1 unspecified atom stereocenters. The summed E-state index contributed by atoms with van der Waals surface area (Å²) >= 11 is 1.45. The van der Waals surface area contributed by atoms with Crippen molar-refractivity contribution < 1.29 is 23.8 Å². The SMILES string of the molecule is COc1cc(OC)cc(N2C(=O)CSc3c(c4ccccc4n3C)C2C(=O)NCCCOC(C)C)c1. The molecule has 0 radical (unpaired) electrons. The molecule has 0 aliphatic carbocycles. The number of nitrogens with zero attached hydrogens (tertiary/aromatic N) is 2. The summed E-state index contributed by atoms with van der Waals surface area (Å²) in [5, 5.41) is 4.90. The summed E-state index contributed by atoms with van der Waals surface area (Å²) in [4.78, 5) is 29.1. The van der Waals surface area contributed by atoms with E-state index in [2.05, 4.69) is 9.88 Å². The number of aromatic nitrogens is 1. The van der Waals surface area contributed by atoms with Crippen molar-refractivity contribution in [3.63, 3.8) is 0 Å². The van der Waals surface area contributed by atoms with Crippen molar-refractivity contribution in [3.05, 3.63) is 48.0 Å². The molecule has 1 N–H and O–H groups in total. The first kappa shape index (κ1) is 25.9. The number of rotatable bonds is 9. The topological polar surface area (TPSA) is 82.0 Å². The minimum Gasteiger partial charge on any atom is -0.497 e. The van der Waals surface area contributed by atoms with E-state index in [4.69, 9.17) is 14.2 Å². The van der Waals surface area contributed by atoms with Crippen LogP contribution in [0.3, 0.4) is 0 Å². The molecule has 9 heteroatoms. The van der Waals surface area contributed by atoms with Crippen LogP contribution >= 0.6 is 11.8 Å². The number of aryl methyl sites for hydroxylation is 1.